The second-order valence-electron chi connectivity index (χ2n) is 4.82. The highest BCUT2D eigenvalue weighted by Crippen LogP contribution is 2.13. The third-order valence-electron chi connectivity index (χ3n) is 3.05. The first-order chi connectivity index (χ1) is 8.42. The van der Waals surface area contributed by atoms with Crippen LogP contribution in [0.15, 0.2) is 24.8 Å². The van der Waals surface area contributed by atoms with E-state index in [2.05, 4.69) is 15.4 Å². The second-order valence-corrected chi connectivity index (χ2v) is 4.82. The van der Waals surface area contributed by atoms with Crippen LogP contribution in [0.1, 0.15) is 31.1 Å². The Kier molecular flexibility index (Phi) is 3.04. The summed E-state index contributed by atoms with van der Waals surface area (Å²) in [5, 5.41) is 16.4. The number of fused-ring (bicyclic) bond motifs is 1. The Hall–Kier alpha value is -1.95. The minimum Gasteiger partial charge on any atom is -0.391 e. The van der Waals surface area contributed by atoms with E-state index in [0.717, 1.165) is 0 Å². The molecule has 0 aromatic carbocycles. The second kappa shape index (κ2) is 4.38. The van der Waals surface area contributed by atoms with Crippen molar-refractivity contribution in [1.82, 2.24) is 19.9 Å². The van der Waals surface area contributed by atoms with Gasteiger partial charge in [0.2, 0.25) is 0 Å². The fourth-order valence-electron chi connectivity index (χ4n) is 1.47. The lowest BCUT2D eigenvalue weighted by molar-refractivity contribution is 0.0710. The van der Waals surface area contributed by atoms with Crippen LogP contribution in [0.4, 0.5) is 0 Å². The highest BCUT2D eigenvalue weighted by atomic mass is 16.3. The summed E-state index contributed by atoms with van der Waals surface area (Å²) < 4.78 is 1.58. The predicted molar refractivity (Wildman–Crippen MR) is 66.2 cm³/mol. The molecule has 2 aromatic heterocycles. The van der Waals surface area contributed by atoms with Crippen LogP contribution in [-0.4, -0.2) is 37.3 Å². The van der Waals surface area contributed by atoms with E-state index in [4.69, 9.17) is 0 Å². The molecule has 1 unspecified atom stereocenters. The molecule has 0 bridgehead atoms. The van der Waals surface area contributed by atoms with Gasteiger partial charge in [-0.2, -0.15) is 5.10 Å². The Labute approximate surface area is 105 Å². The Morgan fingerprint density at radius 2 is 2.22 bits per heavy atom. The van der Waals surface area contributed by atoms with E-state index in [1.165, 1.54) is 6.20 Å². The van der Waals surface area contributed by atoms with Crippen molar-refractivity contribution in [2.24, 2.45) is 0 Å². The number of rotatable bonds is 3. The summed E-state index contributed by atoms with van der Waals surface area (Å²) in [5.74, 6) is -0.274. The SMILES string of the molecule is CC(O)C(C)(C)NC(=O)c1cnn2ccncc12. The van der Waals surface area contributed by atoms with Crippen LogP contribution >= 0.6 is 0 Å². The average molecular weight is 248 g/mol. The normalized spacial score (nSPS) is 13.6. The lowest BCUT2D eigenvalue weighted by Crippen LogP contribution is -2.50. The number of nitrogens with zero attached hydrogens (tertiary/aromatic N) is 3. The van der Waals surface area contributed by atoms with Crippen LogP contribution in [0.2, 0.25) is 0 Å². The zero-order chi connectivity index (χ0) is 13.3. The number of hydrogen-bond acceptors (Lipinski definition) is 4. The van der Waals surface area contributed by atoms with E-state index < -0.39 is 11.6 Å². The van der Waals surface area contributed by atoms with E-state index in [1.54, 1.807) is 43.9 Å². The smallest absolute Gasteiger partial charge is 0.255 e. The zero-order valence-electron chi connectivity index (χ0n) is 10.6. The van der Waals surface area contributed by atoms with Gasteiger partial charge in [0, 0.05) is 12.4 Å². The van der Waals surface area contributed by atoms with Gasteiger partial charge in [-0.1, -0.05) is 0 Å². The summed E-state index contributed by atoms with van der Waals surface area (Å²) in [6, 6.07) is 0. The van der Waals surface area contributed by atoms with Crippen molar-refractivity contribution in [3.8, 4) is 0 Å². The first kappa shape index (κ1) is 12.5. The zero-order valence-corrected chi connectivity index (χ0v) is 10.6. The van der Waals surface area contributed by atoms with Gasteiger partial charge in [0.15, 0.2) is 0 Å². The molecule has 0 saturated heterocycles. The lowest BCUT2D eigenvalue weighted by Gasteiger charge is -2.29. The van der Waals surface area contributed by atoms with Gasteiger partial charge >= 0.3 is 0 Å². The third kappa shape index (κ3) is 2.19. The predicted octanol–water partition coefficient (Wildman–Crippen LogP) is 0.618. The van der Waals surface area contributed by atoms with Crippen molar-refractivity contribution in [1.29, 1.82) is 0 Å². The molecule has 0 radical (unpaired) electrons. The maximum atomic E-state index is 12.1. The van der Waals surface area contributed by atoms with Crippen LogP contribution in [0.5, 0.6) is 0 Å². The lowest BCUT2D eigenvalue weighted by atomic mass is 9.98. The molecule has 1 atom stereocenters. The molecule has 0 fully saturated rings. The summed E-state index contributed by atoms with van der Waals surface area (Å²) in [6.07, 6.45) is 5.69. The van der Waals surface area contributed by atoms with Gasteiger partial charge in [-0.05, 0) is 20.8 Å². The molecule has 0 aliphatic carbocycles. The molecule has 6 nitrogen and oxygen atoms in total. The minimum atomic E-state index is -0.701. The molecular weight excluding hydrogens is 232 g/mol. The Balaban J connectivity index is 2.30. The fraction of sp³-hybridized carbons (Fsp3) is 0.417. The summed E-state index contributed by atoms with van der Waals surface area (Å²) in [4.78, 5) is 16.1. The number of aliphatic hydroxyl groups excluding tert-OH is 1. The summed E-state index contributed by atoms with van der Waals surface area (Å²) in [5.41, 5.74) is 0.376. The van der Waals surface area contributed by atoms with Crippen molar-refractivity contribution in [3.63, 3.8) is 0 Å². The van der Waals surface area contributed by atoms with Crippen LogP contribution < -0.4 is 5.32 Å². The summed E-state index contributed by atoms with van der Waals surface area (Å²) >= 11 is 0. The standard InChI is InChI=1S/C12H16N4O2/c1-8(17)12(2,3)15-11(18)9-6-14-16-5-4-13-7-10(9)16/h4-8,17H,1-3H3,(H,15,18). The first-order valence-electron chi connectivity index (χ1n) is 5.70. The van der Waals surface area contributed by atoms with E-state index in [0.29, 0.717) is 11.1 Å². The van der Waals surface area contributed by atoms with E-state index >= 15 is 0 Å². The summed E-state index contributed by atoms with van der Waals surface area (Å²) in [6.45, 7) is 5.16. The molecular formula is C12H16N4O2. The molecule has 2 N–H and O–H groups in total. The average Bonchev–Trinajstić information content (AvgIpc) is 2.71. The molecule has 2 heterocycles. The molecule has 0 spiro atoms. The molecule has 18 heavy (non-hydrogen) atoms. The molecule has 2 aromatic rings. The maximum absolute atomic E-state index is 12.1. The number of carbonyl (C=O) groups excluding carboxylic acids is 1. The van der Waals surface area contributed by atoms with Gasteiger partial charge in [-0.3, -0.25) is 9.78 Å². The number of aromatic nitrogens is 3. The largest absolute Gasteiger partial charge is 0.391 e. The van der Waals surface area contributed by atoms with Crippen LogP contribution in [0, 0.1) is 0 Å². The first-order valence-corrected chi connectivity index (χ1v) is 5.70. The van der Waals surface area contributed by atoms with Gasteiger partial charge in [0.1, 0.15) is 0 Å². The van der Waals surface area contributed by atoms with Gasteiger partial charge in [0.05, 0.1) is 35.1 Å². The van der Waals surface area contributed by atoms with Gasteiger partial charge in [-0.25, -0.2) is 4.52 Å². The number of amides is 1. The molecule has 2 rings (SSSR count). The van der Waals surface area contributed by atoms with Crippen molar-refractivity contribution in [3.05, 3.63) is 30.4 Å². The number of nitrogens with one attached hydrogen (secondary N) is 1. The van der Waals surface area contributed by atoms with E-state index in [9.17, 15) is 9.90 Å². The van der Waals surface area contributed by atoms with E-state index in [-0.39, 0.29) is 5.91 Å². The number of aliphatic hydroxyl groups is 1. The highest BCUT2D eigenvalue weighted by Gasteiger charge is 2.27. The third-order valence-corrected chi connectivity index (χ3v) is 3.05. The Morgan fingerprint density at radius 3 is 2.89 bits per heavy atom. The molecule has 0 saturated carbocycles. The molecule has 1 amide bonds. The highest BCUT2D eigenvalue weighted by molar-refractivity contribution is 6.00. The van der Waals surface area contributed by atoms with Crippen molar-refractivity contribution < 1.29 is 9.90 Å². The Morgan fingerprint density at radius 1 is 1.50 bits per heavy atom. The van der Waals surface area contributed by atoms with E-state index in [1.807, 2.05) is 0 Å². The fourth-order valence-corrected chi connectivity index (χ4v) is 1.47. The van der Waals surface area contributed by atoms with Gasteiger partial charge in [-0.15, -0.1) is 0 Å². The summed E-state index contributed by atoms with van der Waals surface area (Å²) in [7, 11) is 0. The quantitative estimate of drug-likeness (QED) is 0.834. The number of carbonyl (C=O) groups is 1. The van der Waals surface area contributed by atoms with Crippen LogP contribution in [0.25, 0.3) is 5.52 Å². The molecule has 0 aliphatic rings. The minimum absolute atomic E-state index is 0.274. The van der Waals surface area contributed by atoms with Crippen LogP contribution in [0.3, 0.4) is 0 Å². The number of hydrogen-bond donors (Lipinski definition) is 2. The molecule has 6 heteroatoms. The molecule has 96 valence electrons. The topological polar surface area (TPSA) is 79.5 Å². The Bertz CT molecular complexity index is 574. The van der Waals surface area contributed by atoms with Crippen LogP contribution in [-0.2, 0) is 0 Å². The maximum Gasteiger partial charge on any atom is 0.255 e. The van der Waals surface area contributed by atoms with Crippen molar-refractivity contribution in [2.75, 3.05) is 0 Å². The molecule has 0 aliphatic heterocycles. The van der Waals surface area contributed by atoms with Crippen molar-refractivity contribution >= 4 is 11.4 Å². The van der Waals surface area contributed by atoms with Crippen molar-refractivity contribution in [2.45, 2.75) is 32.4 Å². The van der Waals surface area contributed by atoms with Gasteiger partial charge in [0.25, 0.3) is 5.91 Å². The van der Waals surface area contributed by atoms with Gasteiger partial charge < -0.3 is 10.4 Å². The monoisotopic (exact) mass is 248 g/mol.